The minimum atomic E-state index is -3.28. The molecule has 0 spiro atoms. The van der Waals surface area contributed by atoms with Crippen LogP contribution in [0.5, 0.6) is 0 Å². The summed E-state index contributed by atoms with van der Waals surface area (Å²) in [5, 5.41) is 2.81. The normalized spacial score (nSPS) is 22.4. The van der Waals surface area contributed by atoms with Gasteiger partial charge in [-0.3, -0.25) is 4.79 Å². The van der Waals surface area contributed by atoms with E-state index in [1.807, 2.05) is 0 Å². The van der Waals surface area contributed by atoms with Gasteiger partial charge in [-0.2, -0.15) is 4.31 Å². The van der Waals surface area contributed by atoms with E-state index in [4.69, 9.17) is 0 Å². The van der Waals surface area contributed by atoms with E-state index in [0.717, 1.165) is 25.7 Å². The van der Waals surface area contributed by atoms with Crippen LogP contribution in [0.4, 0.5) is 0 Å². The Balaban J connectivity index is 2.62. The highest BCUT2D eigenvalue weighted by atomic mass is 32.2. The van der Waals surface area contributed by atoms with Crippen molar-refractivity contribution in [2.24, 2.45) is 0 Å². The zero-order valence-electron chi connectivity index (χ0n) is 10.6. The van der Waals surface area contributed by atoms with E-state index >= 15 is 0 Å². The molecule has 1 atom stereocenters. The first-order valence-electron chi connectivity index (χ1n) is 6.21. The van der Waals surface area contributed by atoms with Crippen molar-refractivity contribution in [1.29, 1.82) is 0 Å². The van der Waals surface area contributed by atoms with E-state index in [1.54, 1.807) is 0 Å². The average molecular weight is 262 g/mol. The lowest BCUT2D eigenvalue weighted by molar-refractivity contribution is -0.125. The minimum absolute atomic E-state index is 0.149. The lowest BCUT2D eigenvalue weighted by Gasteiger charge is -2.32. The van der Waals surface area contributed by atoms with Crippen LogP contribution in [0.1, 0.15) is 39.0 Å². The average Bonchev–Trinajstić information content (AvgIpc) is 2.28. The van der Waals surface area contributed by atoms with Gasteiger partial charge in [0.25, 0.3) is 0 Å². The van der Waals surface area contributed by atoms with E-state index in [-0.39, 0.29) is 5.91 Å². The van der Waals surface area contributed by atoms with Gasteiger partial charge in [0.2, 0.25) is 15.9 Å². The van der Waals surface area contributed by atoms with E-state index in [9.17, 15) is 13.2 Å². The molecule has 1 unspecified atom stereocenters. The van der Waals surface area contributed by atoms with Gasteiger partial charge >= 0.3 is 0 Å². The molecule has 0 saturated carbocycles. The number of hydrogen-bond acceptors (Lipinski definition) is 3. The van der Waals surface area contributed by atoms with Crippen LogP contribution in [0.15, 0.2) is 0 Å². The number of carbonyl (C=O) groups is 1. The van der Waals surface area contributed by atoms with Crippen LogP contribution >= 0.6 is 0 Å². The smallest absolute Gasteiger partial charge is 0.238 e. The molecule has 0 aliphatic carbocycles. The fraction of sp³-hybridized carbons (Fsp3) is 0.909. The van der Waals surface area contributed by atoms with Gasteiger partial charge in [-0.1, -0.05) is 19.8 Å². The Morgan fingerprint density at radius 1 is 1.41 bits per heavy atom. The number of sulfonamides is 1. The van der Waals surface area contributed by atoms with Crippen molar-refractivity contribution in [3.63, 3.8) is 0 Å². The van der Waals surface area contributed by atoms with E-state index in [0.29, 0.717) is 19.5 Å². The molecular formula is C11H22N2O3S. The number of hydrogen-bond donors (Lipinski definition) is 1. The summed E-state index contributed by atoms with van der Waals surface area (Å²) in [5.41, 5.74) is 0. The molecule has 1 amide bonds. The zero-order chi connectivity index (χ0) is 12.9. The fourth-order valence-corrected chi connectivity index (χ4v) is 3.19. The second-order valence-electron chi connectivity index (χ2n) is 4.53. The van der Waals surface area contributed by atoms with Crippen molar-refractivity contribution in [3.05, 3.63) is 0 Å². The molecule has 5 nitrogen and oxygen atoms in total. The van der Waals surface area contributed by atoms with Crippen molar-refractivity contribution in [3.8, 4) is 0 Å². The van der Waals surface area contributed by atoms with Crippen molar-refractivity contribution in [2.45, 2.75) is 45.1 Å². The van der Waals surface area contributed by atoms with Crippen LogP contribution in [0.2, 0.25) is 0 Å². The van der Waals surface area contributed by atoms with Crippen molar-refractivity contribution in [2.75, 3.05) is 19.3 Å². The largest absolute Gasteiger partial charge is 0.355 e. The summed E-state index contributed by atoms with van der Waals surface area (Å²) < 4.78 is 24.5. The third-order valence-electron chi connectivity index (χ3n) is 3.01. The lowest BCUT2D eigenvalue weighted by atomic mass is 10.0. The van der Waals surface area contributed by atoms with Crippen LogP contribution in [0, 0.1) is 0 Å². The summed E-state index contributed by atoms with van der Waals surface area (Å²) in [6.07, 6.45) is 5.50. The van der Waals surface area contributed by atoms with Gasteiger partial charge in [0.1, 0.15) is 6.04 Å². The Labute approximate surface area is 104 Å². The molecule has 100 valence electrons. The van der Waals surface area contributed by atoms with Gasteiger partial charge < -0.3 is 5.32 Å². The maximum atomic E-state index is 11.9. The standard InChI is InChI=1S/C11H22N2O3S/c1-3-4-8-12-11(14)10-7-5-6-9-13(10)17(2,15)16/h10H,3-9H2,1-2H3,(H,12,14). The van der Waals surface area contributed by atoms with Crippen LogP contribution in [-0.4, -0.2) is 44.0 Å². The molecule has 0 bridgehead atoms. The van der Waals surface area contributed by atoms with Crippen LogP contribution in [-0.2, 0) is 14.8 Å². The molecule has 0 aromatic rings. The summed E-state index contributed by atoms with van der Waals surface area (Å²) in [7, 11) is -3.28. The Morgan fingerprint density at radius 3 is 2.71 bits per heavy atom. The molecule has 0 radical (unpaired) electrons. The van der Waals surface area contributed by atoms with Gasteiger partial charge in [-0.05, 0) is 19.3 Å². The summed E-state index contributed by atoms with van der Waals surface area (Å²) in [6.45, 7) is 3.14. The first-order chi connectivity index (χ1) is 7.96. The topological polar surface area (TPSA) is 66.5 Å². The Hall–Kier alpha value is -0.620. The SMILES string of the molecule is CCCCNC(=O)C1CCCCN1S(C)(=O)=O. The number of unbranched alkanes of at least 4 members (excludes halogenated alkanes) is 1. The second kappa shape index (κ2) is 6.35. The molecule has 1 rings (SSSR count). The maximum Gasteiger partial charge on any atom is 0.238 e. The number of piperidine rings is 1. The minimum Gasteiger partial charge on any atom is -0.355 e. The number of rotatable bonds is 5. The molecule has 1 fully saturated rings. The third-order valence-corrected chi connectivity index (χ3v) is 4.30. The lowest BCUT2D eigenvalue weighted by Crippen LogP contribution is -2.51. The van der Waals surface area contributed by atoms with Gasteiger partial charge in [0.05, 0.1) is 6.26 Å². The van der Waals surface area contributed by atoms with Gasteiger partial charge in [-0.15, -0.1) is 0 Å². The first-order valence-corrected chi connectivity index (χ1v) is 8.06. The molecule has 0 aromatic heterocycles. The van der Waals surface area contributed by atoms with Crippen molar-refractivity contribution in [1.82, 2.24) is 9.62 Å². The highest BCUT2D eigenvalue weighted by Gasteiger charge is 2.33. The fourth-order valence-electron chi connectivity index (χ4n) is 2.07. The third kappa shape index (κ3) is 4.27. The summed E-state index contributed by atoms with van der Waals surface area (Å²) in [6, 6.07) is -0.504. The predicted molar refractivity (Wildman–Crippen MR) is 67.1 cm³/mol. The number of carbonyl (C=O) groups excluding carboxylic acids is 1. The number of amides is 1. The molecule has 1 saturated heterocycles. The van der Waals surface area contributed by atoms with Crippen LogP contribution < -0.4 is 5.32 Å². The summed E-state index contributed by atoms with van der Waals surface area (Å²) >= 11 is 0. The van der Waals surface area contributed by atoms with Crippen LogP contribution in [0.3, 0.4) is 0 Å². The Kier molecular flexibility index (Phi) is 5.39. The molecule has 0 aromatic carbocycles. The van der Waals surface area contributed by atoms with E-state index in [1.165, 1.54) is 10.6 Å². The van der Waals surface area contributed by atoms with Crippen molar-refractivity contribution >= 4 is 15.9 Å². The van der Waals surface area contributed by atoms with Gasteiger partial charge in [0, 0.05) is 13.1 Å². The molecule has 1 heterocycles. The molecule has 6 heteroatoms. The predicted octanol–water partition coefficient (Wildman–Crippen LogP) is 0.717. The molecule has 1 N–H and O–H groups in total. The highest BCUT2D eigenvalue weighted by Crippen LogP contribution is 2.19. The zero-order valence-corrected chi connectivity index (χ0v) is 11.4. The molecule has 1 aliphatic rings. The molecule has 17 heavy (non-hydrogen) atoms. The van der Waals surface area contributed by atoms with E-state index in [2.05, 4.69) is 12.2 Å². The number of nitrogens with one attached hydrogen (secondary N) is 1. The quantitative estimate of drug-likeness (QED) is 0.742. The van der Waals surface area contributed by atoms with Crippen LogP contribution in [0.25, 0.3) is 0 Å². The maximum absolute atomic E-state index is 11.9. The van der Waals surface area contributed by atoms with Gasteiger partial charge in [-0.25, -0.2) is 8.42 Å². The van der Waals surface area contributed by atoms with Gasteiger partial charge in [0.15, 0.2) is 0 Å². The monoisotopic (exact) mass is 262 g/mol. The Bertz CT molecular complexity index is 354. The number of nitrogens with zero attached hydrogens (tertiary/aromatic N) is 1. The molecular weight excluding hydrogens is 240 g/mol. The second-order valence-corrected chi connectivity index (χ2v) is 6.46. The Morgan fingerprint density at radius 2 is 2.12 bits per heavy atom. The first kappa shape index (κ1) is 14.4. The summed E-state index contributed by atoms with van der Waals surface area (Å²) in [4.78, 5) is 11.9. The molecule has 1 aliphatic heterocycles. The summed E-state index contributed by atoms with van der Waals surface area (Å²) in [5.74, 6) is -0.149. The van der Waals surface area contributed by atoms with E-state index < -0.39 is 16.1 Å². The highest BCUT2D eigenvalue weighted by molar-refractivity contribution is 7.88. The van der Waals surface area contributed by atoms with Crippen molar-refractivity contribution < 1.29 is 13.2 Å².